The van der Waals surface area contributed by atoms with E-state index in [1.807, 2.05) is 11.3 Å². The van der Waals surface area contributed by atoms with Gasteiger partial charge in [-0.1, -0.05) is 13.8 Å². The van der Waals surface area contributed by atoms with Gasteiger partial charge < -0.3 is 10.1 Å². The van der Waals surface area contributed by atoms with Crippen LogP contribution in [0.4, 0.5) is 0 Å². The van der Waals surface area contributed by atoms with Crippen molar-refractivity contribution in [1.82, 2.24) is 10.3 Å². The Labute approximate surface area is 133 Å². The van der Waals surface area contributed by atoms with Crippen LogP contribution < -0.4 is 5.32 Å². The van der Waals surface area contributed by atoms with Crippen molar-refractivity contribution < 1.29 is 4.74 Å². The predicted octanol–water partition coefficient (Wildman–Crippen LogP) is 4.22. The first kappa shape index (κ1) is 16.9. The van der Waals surface area contributed by atoms with Crippen LogP contribution in [0.25, 0.3) is 0 Å². The summed E-state index contributed by atoms with van der Waals surface area (Å²) in [5.74, 6) is 0.591. The van der Waals surface area contributed by atoms with Gasteiger partial charge in [0.25, 0.3) is 0 Å². The fourth-order valence-electron chi connectivity index (χ4n) is 3.02. The summed E-state index contributed by atoms with van der Waals surface area (Å²) < 4.78 is 6.01. The molecular weight excluding hydrogens is 280 g/mol. The van der Waals surface area contributed by atoms with Crippen LogP contribution in [0.1, 0.15) is 74.9 Å². The highest BCUT2D eigenvalue weighted by molar-refractivity contribution is 7.11. The molecule has 2 atom stereocenters. The summed E-state index contributed by atoms with van der Waals surface area (Å²) in [7, 11) is 0. The molecular formula is C17H30N2OS. The molecule has 0 aliphatic heterocycles. The van der Waals surface area contributed by atoms with Gasteiger partial charge in [0.2, 0.25) is 0 Å². The second kappa shape index (κ2) is 7.70. The first-order valence-corrected chi connectivity index (χ1v) is 9.31. The number of hydrogen-bond acceptors (Lipinski definition) is 4. The summed E-state index contributed by atoms with van der Waals surface area (Å²) in [5, 5.41) is 4.75. The van der Waals surface area contributed by atoms with Crippen LogP contribution >= 0.6 is 11.3 Å². The van der Waals surface area contributed by atoms with E-state index in [-0.39, 0.29) is 5.60 Å². The largest absolute Gasteiger partial charge is 0.368 e. The molecule has 0 bridgehead atoms. The van der Waals surface area contributed by atoms with Crippen molar-refractivity contribution >= 4 is 11.3 Å². The number of hydrogen-bond donors (Lipinski definition) is 1. The lowest BCUT2D eigenvalue weighted by atomic mass is 9.91. The number of fused-ring (bicyclic) bond motifs is 1. The molecule has 2 rings (SSSR count). The molecule has 1 heterocycles. The highest BCUT2D eigenvalue weighted by Crippen LogP contribution is 2.40. The molecule has 2 unspecified atom stereocenters. The van der Waals surface area contributed by atoms with E-state index in [0.717, 1.165) is 26.1 Å². The molecule has 1 aromatic heterocycles. The summed E-state index contributed by atoms with van der Waals surface area (Å²) in [5.41, 5.74) is 1.14. The van der Waals surface area contributed by atoms with Crippen LogP contribution in [0.15, 0.2) is 0 Å². The maximum atomic E-state index is 6.01. The highest BCUT2D eigenvalue weighted by atomic mass is 32.1. The van der Waals surface area contributed by atoms with Gasteiger partial charge in [0, 0.05) is 23.9 Å². The fourth-order valence-corrected chi connectivity index (χ4v) is 4.38. The molecule has 0 radical (unpaired) electrons. The minimum Gasteiger partial charge on any atom is -0.368 e. The third kappa shape index (κ3) is 3.85. The van der Waals surface area contributed by atoms with Crippen molar-refractivity contribution in [2.45, 2.75) is 71.3 Å². The maximum Gasteiger partial charge on any atom is 0.125 e. The predicted molar refractivity (Wildman–Crippen MR) is 90.2 cm³/mol. The molecule has 1 N–H and O–H groups in total. The summed E-state index contributed by atoms with van der Waals surface area (Å²) in [6.45, 7) is 11.6. The molecule has 0 aromatic carbocycles. The molecule has 0 amide bonds. The topological polar surface area (TPSA) is 34.1 Å². The Balaban J connectivity index is 2.18. The van der Waals surface area contributed by atoms with E-state index in [9.17, 15) is 0 Å². The molecule has 1 aromatic rings. The zero-order chi connectivity index (χ0) is 15.3. The smallest absolute Gasteiger partial charge is 0.125 e. The summed E-state index contributed by atoms with van der Waals surface area (Å²) >= 11 is 1.89. The van der Waals surface area contributed by atoms with Gasteiger partial charge in [-0.2, -0.15) is 0 Å². The third-order valence-corrected chi connectivity index (χ3v) is 5.85. The van der Waals surface area contributed by atoms with Gasteiger partial charge in [0.1, 0.15) is 10.6 Å². The summed E-state index contributed by atoms with van der Waals surface area (Å²) in [4.78, 5) is 6.53. The Bertz CT molecular complexity index is 446. The number of aryl methyl sites for hydroxylation is 1. The van der Waals surface area contributed by atoms with Crippen molar-refractivity contribution in [1.29, 1.82) is 0 Å². The van der Waals surface area contributed by atoms with Gasteiger partial charge in [-0.05, 0) is 52.5 Å². The van der Waals surface area contributed by atoms with E-state index < -0.39 is 0 Å². The normalized spacial score (nSPS) is 21.0. The highest BCUT2D eigenvalue weighted by Gasteiger charge is 2.33. The summed E-state index contributed by atoms with van der Waals surface area (Å²) in [6, 6.07) is 0. The second-order valence-electron chi connectivity index (χ2n) is 6.14. The number of ether oxygens (including phenoxy) is 1. The molecule has 1 aliphatic rings. The van der Waals surface area contributed by atoms with Gasteiger partial charge in [-0.3, -0.25) is 0 Å². The number of aromatic nitrogens is 1. The Morgan fingerprint density at radius 2 is 2.19 bits per heavy atom. The van der Waals surface area contributed by atoms with E-state index in [4.69, 9.17) is 9.72 Å². The quantitative estimate of drug-likeness (QED) is 0.730. The molecule has 0 spiro atoms. The lowest BCUT2D eigenvalue weighted by molar-refractivity contribution is -0.0325. The zero-order valence-corrected chi connectivity index (χ0v) is 14.8. The molecule has 120 valence electrons. The zero-order valence-electron chi connectivity index (χ0n) is 14.0. The molecule has 21 heavy (non-hydrogen) atoms. The van der Waals surface area contributed by atoms with E-state index in [1.54, 1.807) is 0 Å². The van der Waals surface area contributed by atoms with Gasteiger partial charge in [-0.15, -0.1) is 11.3 Å². The maximum absolute atomic E-state index is 6.01. The van der Waals surface area contributed by atoms with E-state index >= 15 is 0 Å². The van der Waals surface area contributed by atoms with Crippen LogP contribution in [0.2, 0.25) is 0 Å². The number of nitrogens with one attached hydrogen (secondary N) is 1. The molecule has 0 fully saturated rings. The second-order valence-corrected chi connectivity index (χ2v) is 7.22. The van der Waals surface area contributed by atoms with Crippen molar-refractivity contribution in [2.75, 3.05) is 19.7 Å². The number of thiazole rings is 1. The lowest BCUT2D eigenvalue weighted by Gasteiger charge is -2.25. The first-order valence-electron chi connectivity index (χ1n) is 8.49. The molecule has 0 saturated carbocycles. The first-order chi connectivity index (χ1) is 10.1. The molecule has 0 saturated heterocycles. The Hall–Kier alpha value is -0.450. The van der Waals surface area contributed by atoms with Crippen molar-refractivity contribution in [3.05, 3.63) is 15.6 Å². The summed E-state index contributed by atoms with van der Waals surface area (Å²) in [6.07, 6.45) is 5.93. The van der Waals surface area contributed by atoms with E-state index in [1.165, 1.54) is 41.3 Å². The Morgan fingerprint density at radius 1 is 1.38 bits per heavy atom. The fraction of sp³-hybridized carbons (Fsp3) is 0.824. The average molecular weight is 311 g/mol. The van der Waals surface area contributed by atoms with Crippen LogP contribution in [0.5, 0.6) is 0 Å². The monoisotopic (exact) mass is 310 g/mol. The molecule has 1 aliphatic carbocycles. The molecule has 3 nitrogen and oxygen atoms in total. The minimum absolute atomic E-state index is 0.210. The van der Waals surface area contributed by atoms with Crippen LogP contribution in [0.3, 0.4) is 0 Å². The SMILES string of the molecule is CCCNCC1CCCc2sc(C(C)(CC)OCC)nc21. The standard InChI is InChI=1S/C17H30N2OS/c1-5-11-18-12-13-9-8-10-14-15(13)19-16(21-14)17(4,6-2)20-7-3/h13,18H,5-12H2,1-4H3. The number of rotatable bonds is 8. The average Bonchev–Trinajstić information content (AvgIpc) is 2.93. The van der Waals surface area contributed by atoms with E-state index in [2.05, 4.69) is 33.0 Å². The van der Waals surface area contributed by atoms with Gasteiger partial charge in [-0.25, -0.2) is 4.98 Å². The van der Waals surface area contributed by atoms with Crippen molar-refractivity contribution in [3.63, 3.8) is 0 Å². The Morgan fingerprint density at radius 3 is 2.86 bits per heavy atom. The number of nitrogens with zero attached hydrogens (tertiary/aromatic N) is 1. The van der Waals surface area contributed by atoms with Crippen LogP contribution in [0, 0.1) is 0 Å². The van der Waals surface area contributed by atoms with Gasteiger partial charge in [0.15, 0.2) is 0 Å². The Kier molecular flexibility index (Phi) is 6.20. The van der Waals surface area contributed by atoms with Gasteiger partial charge in [0.05, 0.1) is 5.69 Å². The van der Waals surface area contributed by atoms with Gasteiger partial charge >= 0.3 is 0 Å². The van der Waals surface area contributed by atoms with E-state index in [0.29, 0.717) is 5.92 Å². The van der Waals surface area contributed by atoms with Crippen LogP contribution in [-0.2, 0) is 16.8 Å². The van der Waals surface area contributed by atoms with Crippen LogP contribution in [-0.4, -0.2) is 24.7 Å². The lowest BCUT2D eigenvalue weighted by Crippen LogP contribution is -2.26. The molecule has 4 heteroatoms. The van der Waals surface area contributed by atoms with Crippen molar-refractivity contribution in [3.8, 4) is 0 Å². The van der Waals surface area contributed by atoms with Crippen molar-refractivity contribution in [2.24, 2.45) is 0 Å². The third-order valence-electron chi connectivity index (χ3n) is 4.48. The minimum atomic E-state index is -0.210.